The molecule has 0 heterocycles. The van der Waals surface area contributed by atoms with Gasteiger partial charge >= 0.3 is 0 Å². The molecule has 2 nitrogen and oxygen atoms in total. The Kier molecular flexibility index (Phi) is 10.8. The lowest BCUT2D eigenvalue weighted by Crippen LogP contribution is -2.10. The van der Waals surface area contributed by atoms with E-state index >= 15 is 0 Å². The van der Waals surface area contributed by atoms with Crippen LogP contribution in [-0.4, -0.2) is 0 Å². The average molecular weight is 845 g/mol. The van der Waals surface area contributed by atoms with Gasteiger partial charge in [-0.2, -0.15) is 0 Å². The summed E-state index contributed by atoms with van der Waals surface area (Å²) in [5, 5.41) is 4.80. The molecule has 0 aromatic heterocycles. The number of anilines is 6. The SMILES string of the molecule is Cc1ccc(-c2c3ccc(N(c4ccccc4)c4ccc(-c5ccccc5)cc4)cc3c(-c3ccc(C)cc3)c3ccc(N(c4ccccc4)c4ccc(-c5ccccc5)cc4)cc23)cc1. The van der Waals surface area contributed by atoms with Gasteiger partial charge in [-0.05, 0) is 153 Å². The van der Waals surface area contributed by atoms with Gasteiger partial charge < -0.3 is 9.80 Å². The molecule has 0 aliphatic carbocycles. The first-order valence-electron chi connectivity index (χ1n) is 22.7. The number of para-hydroxylation sites is 2. The maximum Gasteiger partial charge on any atom is 0.0468 e. The van der Waals surface area contributed by atoms with Gasteiger partial charge in [0.05, 0.1) is 0 Å². The van der Waals surface area contributed by atoms with Crippen molar-refractivity contribution in [2.24, 2.45) is 0 Å². The lowest BCUT2D eigenvalue weighted by molar-refractivity contribution is 1.29. The van der Waals surface area contributed by atoms with Crippen LogP contribution in [0, 0.1) is 13.8 Å². The Morgan fingerprint density at radius 1 is 0.212 bits per heavy atom. The van der Waals surface area contributed by atoms with Crippen molar-refractivity contribution in [3.8, 4) is 44.5 Å². The fourth-order valence-corrected chi connectivity index (χ4v) is 9.46. The molecule has 66 heavy (non-hydrogen) atoms. The van der Waals surface area contributed by atoms with Crippen LogP contribution in [0.1, 0.15) is 11.1 Å². The number of rotatable bonds is 10. The monoisotopic (exact) mass is 844 g/mol. The fraction of sp³-hybridized carbons (Fsp3) is 0.0312. The quantitative estimate of drug-likeness (QED) is 0.127. The first kappa shape index (κ1) is 40.3. The van der Waals surface area contributed by atoms with Crippen molar-refractivity contribution in [1.29, 1.82) is 0 Å². The molecule has 0 amide bonds. The molecule has 0 N–H and O–H groups in total. The highest BCUT2D eigenvalue weighted by Crippen LogP contribution is 2.48. The zero-order valence-electron chi connectivity index (χ0n) is 37.1. The van der Waals surface area contributed by atoms with Crippen molar-refractivity contribution >= 4 is 55.7 Å². The topological polar surface area (TPSA) is 6.48 Å². The summed E-state index contributed by atoms with van der Waals surface area (Å²) < 4.78 is 0. The Morgan fingerprint density at radius 2 is 0.485 bits per heavy atom. The normalized spacial score (nSPS) is 11.2. The standard InChI is InChI=1S/C64H48N2/c1-45-23-27-51(28-24-45)63-59-41-39-58(66(54-21-13-6-14-22-54)56-37-33-50(34-38-56)48-17-9-4-10-18-48)44-62(59)64(52-29-25-46(2)26-30-52)60-42-40-57(43-61(60)63)65(53-19-11-5-12-20-53)55-35-31-49(32-36-55)47-15-7-3-8-16-47/h3-44H,1-2H3. The molecule has 0 aliphatic rings. The van der Waals surface area contributed by atoms with E-state index < -0.39 is 0 Å². The Balaban J connectivity index is 1.16. The molecule has 11 aromatic rings. The lowest BCUT2D eigenvalue weighted by atomic mass is 9.85. The second kappa shape index (κ2) is 17.6. The molecule has 0 spiro atoms. The summed E-state index contributed by atoms with van der Waals surface area (Å²) in [6.45, 7) is 4.33. The highest BCUT2D eigenvalue weighted by Gasteiger charge is 2.22. The van der Waals surface area contributed by atoms with Crippen molar-refractivity contribution in [2.75, 3.05) is 9.80 Å². The van der Waals surface area contributed by atoms with Crippen LogP contribution in [0.25, 0.3) is 66.1 Å². The van der Waals surface area contributed by atoms with Gasteiger partial charge in [0.25, 0.3) is 0 Å². The van der Waals surface area contributed by atoms with Gasteiger partial charge in [-0.25, -0.2) is 0 Å². The summed E-state index contributed by atoms with van der Waals surface area (Å²) in [5.74, 6) is 0. The summed E-state index contributed by atoms with van der Waals surface area (Å²) in [4.78, 5) is 4.76. The molecule has 2 heteroatoms. The summed E-state index contributed by atoms with van der Waals surface area (Å²) in [7, 11) is 0. The molecule has 0 bridgehead atoms. The van der Waals surface area contributed by atoms with E-state index in [4.69, 9.17) is 0 Å². The number of benzene rings is 11. The lowest BCUT2D eigenvalue weighted by Gasteiger charge is -2.28. The molecule has 0 aliphatic heterocycles. The molecule has 0 unspecified atom stereocenters. The minimum Gasteiger partial charge on any atom is -0.310 e. The third-order valence-corrected chi connectivity index (χ3v) is 12.8. The van der Waals surface area contributed by atoms with Crippen molar-refractivity contribution in [3.05, 3.63) is 266 Å². The first-order chi connectivity index (χ1) is 32.6. The van der Waals surface area contributed by atoms with Crippen LogP contribution in [0.2, 0.25) is 0 Å². The van der Waals surface area contributed by atoms with Crippen LogP contribution in [0.3, 0.4) is 0 Å². The van der Waals surface area contributed by atoms with E-state index in [9.17, 15) is 0 Å². The van der Waals surface area contributed by atoms with Gasteiger partial charge in [0.2, 0.25) is 0 Å². The second-order valence-electron chi connectivity index (χ2n) is 17.1. The Morgan fingerprint density at radius 3 is 0.833 bits per heavy atom. The van der Waals surface area contributed by atoms with Crippen molar-refractivity contribution < 1.29 is 0 Å². The van der Waals surface area contributed by atoms with E-state index in [0.717, 1.165) is 34.1 Å². The van der Waals surface area contributed by atoms with Crippen LogP contribution in [0.15, 0.2) is 255 Å². The molecule has 0 fully saturated rings. The summed E-state index contributed by atoms with van der Waals surface area (Å²) in [6.07, 6.45) is 0. The highest BCUT2D eigenvalue weighted by atomic mass is 15.1. The molecular weight excluding hydrogens is 797 g/mol. The van der Waals surface area contributed by atoms with Crippen LogP contribution in [-0.2, 0) is 0 Å². The number of fused-ring (bicyclic) bond motifs is 2. The van der Waals surface area contributed by atoms with Crippen LogP contribution in [0.5, 0.6) is 0 Å². The zero-order chi connectivity index (χ0) is 44.4. The Labute approximate surface area is 388 Å². The third kappa shape index (κ3) is 7.80. The molecule has 314 valence electrons. The van der Waals surface area contributed by atoms with Crippen LogP contribution in [0.4, 0.5) is 34.1 Å². The van der Waals surface area contributed by atoms with Gasteiger partial charge in [0, 0.05) is 34.1 Å². The molecular formula is C64H48N2. The number of hydrogen-bond acceptors (Lipinski definition) is 2. The fourth-order valence-electron chi connectivity index (χ4n) is 9.46. The smallest absolute Gasteiger partial charge is 0.0468 e. The second-order valence-corrected chi connectivity index (χ2v) is 17.1. The predicted octanol–water partition coefficient (Wildman–Crippen LogP) is 18.2. The molecule has 11 aromatic carbocycles. The van der Waals surface area contributed by atoms with E-state index in [0.29, 0.717) is 0 Å². The van der Waals surface area contributed by atoms with Gasteiger partial charge in [-0.1, -0.05) is 193 Å². The Hall–Kier alpha value is -8.46. The zero-order valence-corrected chi connectivity index (χ0v) is 37.1. The Bertz CT molecular complexity index is 3180. The highest BCUT2D eigenvalue weighted by molar-refractivity contribution is 6.22. The van der Waals surface area contributed by atoms with E-state index in [-0.39, 0.29) is 0 Å². The molecule has 11 rings (SSSR count). The largest absolute Gasteiger partial charge is 0.310 e. The van der Waals surface area contributed by atoms with Crippen molar-refractivity contribution in [1.82, 2.24) is 0 Å². The molecule has 0 saturated carbocycles. The van der Waals surface area contributed by atoms with Crippen molar-refractivity contribution in [3.63, 3.8) is 0 Å². The number of aryl methyl sites for hydroxylation is 2. The third-order valence-electron chi connectivity index (χ3n) is 12.8. The maximum absolute atomic E-state index is 2.41. The summed E-state index contributed by atoms with van der Waals surface area (Å²) >= 11 is 0. The number of nitrogens with zero attached hydrogens (tertiary/aromatic N) is 2. The van der Waals surface area contributed by atoms with E-state index in [2.05, 4.69) is 278 Å². The summed E-state index contributed by atoms with van der Waals surface area (Å²) in [6, 6.07) is 92.8. The predicted molar refractivity (Wildman–Crippen MR) is 282 cm³/mol. The van der Waals surface area contributed by atoms with Crippen LogP contribution < -0.4 is 9.80 Å². The molecule has 0 atom stereocenters. The van der Waals surface area contributed by atoms with Gasteiger partial charge in [-0.15, -0.1) is 0 Å². The van der Waals surface area contributed by atoms with Crippen LogP contribution >= 0.6 is 0 Å². The van der Waals surface area contributed by atoms with E-state index in [1.54, 1.807) is 0 Å². The number of hydrogen-bond donors (Lipinski definition) is 0. The van der Waals surface area contributed by atoms with Gasteiger partial charge in [0.1, 0.15) is 0 Å². The molecule has 0 saturated heterocycles. The van der Waals surface area contributed by atoms with E-state index in [1.807, 2.05) is 0 Å². The van der Waals surface area contributed by atoms with Crippen molar-refractivity contribution in [2.45, 2.75) is 13.8 Å². The van der Waals surface area contributed by atoms with Gasteiger partial charge in [-0.3, -0.25) is 0 Å². The minimum atomic E-state index is 1.09. The first-order valence-corrected chi connectivity index (χ1v) is 22.7. The average Bonchev–Trinajstić information content (AvgIpc) is 3.38. The summed E-state index contributed by atoms with van der Waals surface area (Å²) in [5.41, 5.74) is 18.6. The molecule has 0 radical (unpaired) electrons. The van der Waals surface area contributed by atoms with E-state index in [1.165, 1.54) is 77.2 Å². The minimum absolute atomic E-state index is 1.09. The maximum atomic E-state index is 2.41. The van der Waals surface area contributed by atoms with Gasteiger partial charge in [0.15, 0.2) is 0 Å².